The Morgan fingerprint density at radius 2 is 1.69 bits per heavy atom. The second-order valence-electron chi connectivity index (χ2n) is 8.92. The van der Waals surface area contributed by atoms with Crippen LogP contribution in [-0.2, 0) is 12.8 Å². The van der Waals surface area contributed by atoms with Crippen LogP contribution in [0.4, 0.5) is 31.5 Å². The van der Waals surface area contributed by atoms with Gasteiger partial charge in [0.05, 0.1) is 30.5 Å². The maximum Gasteiger partial charge on any atom is 0.337 e. The topological polar surface area (TPSA) is 68.7 Å². The van der Waals surface area contributed by atoms with Crippen LogP contribution in [-0.4, -0.2) is 49.2 Å². The molecule has 184 valence electrons. The number of pyridine rings is 1. The molecule has 0 unspecified atom stereocenters. The number of carboxylic acids is 1. The van der Waals surface area contributed by atoms with E-state index in [1.54, 1.807) is 11.9 Å². The van der Waals surface area contributed by atoms with Crippen molar-refractivity contribution >= 4 is 28.7 Å². The van der Waals surface area contributed by atoms with Crippen molar-refractivity contribution in [2.45, 2.75) is 31.6 Å². The standard InChI is InChI=1S/C20H22F2N2.C7H8N2O2/c1-23(19-7-6-15-4-2-3-5-16(15)12-19)17-8-10-18(11-9-17)24-13-20(21,22)14-24;1-8-6-4-9-3-2-5(6)7(10)11/h6-12H,2-5,13-14H2,1H3;2-4,8H,1H3,(H,10,11). The number of carboxylic acid groups (broad SMARTS) is 1. The summed E-state index contributed by atoms with van der Waals surface area (Å²) in [5.41, 5.74) is 6.82. The summed E-state index contributed by atoms with van der Waals surface area (Å²) in [4.78, 5) is 18.2. The Kier molecular flexibility index (Phi) is 7.19. The first-order valence-corrected chi connectivity index (χ1v) is 11.7. The molecule has 8 heteroatoms. The molecule has 0 bridgehead atoms. The largest absolute Gasteiger partial charge is 0.478 e. The molecule has 1 fully saturated rings. The van der Waals surface area contributed by atoms with E-state index >= 15 is 0 Å². The van der Waals surface area contributed by atoms with E-state index < -0.39 is 11.9 Å². The molecule has 0 saturated carbocycles. The maximum absolute atomic E-state index is 13.0. The van der Waals surface area contributed by atoms with Crippen LogP contribution in [0.2, 0.25) is 0 Å². The number of nitrogens with zero attached hydrogens (tertiary/aromatic N) is 3. The Balaban J connectivity index is 0.000000221. The van der Waals surface area contributed by atoms with Crippen molar-refractivity contribution in [3.63, 3.8) is 0 Å². The van der Waals surface area contributed by atoms with Crippen LogP contribution >= 0.6 is 0 Å². The van der Waals surface area contributed by atoms with E-state index in [2.05, 4.69) is 40.4 Å². The third kappa shape index (κ3) is 5.70. The fraction of sp³-hybridized carbons (Fsp3) is 0.333. The van der Waals surface area contributed by atoms with Gasteiger partial charge in [-0.25, -0.2) is 13.6 Å². The molecule has 2 heterocycles. The van der Waals surface area contributed by atoms with Gasteiger partial charge in [-0.05, 0) is 79.3 Å². The van der Waals surface area contributed by atoms with Crippen molar-refractivity contribution < 1.29 is 18.7 Å². The van der Waals surface area contributed by atoms with Crippen molar-refractivity contribution in [1.82, 2.24) is 4.98 Å². The molecule has 2 aliphatic rings. The zero-order valence-electron chi connectivity index (χ0n) is 20.0. The Hall–Kier alpha value is -3.68. The van der Waals surface area contributed by atoms with E-state index in [-0.39, 0.29) is 18.7 Å². The number of fused-ring (bicyclic) bond motifs is 1. The van der Waals surface area contributed by atoms with E-state index in [1.165, 1.54) is 61.0 Å². The Morgan fingerprint density at radius 3 is 2.29 bits per heavy atom. The summed E-state index contributed by atoms with van der Waals surface area (Å²) in [6.45, 7) is -0.347. The predicted molar refractivity (Wildman–Crippen MR) is 135 cm³/mol. The second kappa shape index (κ2) is 10.3. The Morgan fingerprint density at radius 1 is 1.03 bits per heavy atom. The fourth-order valence-electron chi connectivity index (χ4n) is 4.44. The molecule has 2 aromatic carbocycles. The summed E-state index contributed by atoms with van der Waals surface area (Å²) in [6.07, 6.45) is 7.84. The number of hydrogen-bond acceptors (Lipinski definition) is 5. The van der Waals surface area contributed by atoms with E-state index in [1.807, 2.05) is 24.3 Å². The van der Waals surface area contributed by atoms with Gasteiger partial charge in [0, 0.05) is 37.4 Å². The highest BCUT2D eigenvalue weighted by Gasteiger charge is 2.43. The maximum atomic E-state index is 13.0. The quantitative estimate of drug-likeness (QED) is 0.495. The van der Waals surface area contributed by atoms with Gasteiger partial charge in [0.25, 0.3) is 5.92 Å². The lowest BCUT2D eigenvalue weighted by Gasteiger charge is -2.40. The highest BCUT2D eigenvalue weighted by Crippen LogP contribution is 2.34. The number of anilines is 4. The highest BCUT2D eigenvalue weighted by molar-refractivity contribution is 5.93. The van der Waals surface area contributed by atoms with Crippen LogP contribution in [0, 0.1) is 0 Å². The zero-order valence-corrected chi connectivity index (χ0v) is 20.0. The number of nitrogens with one attached hydrogen (secondary N) is 1. The third-order valence-corrected chi connectivity index (χ3v) is 6.49. The first-order chi connectivity index (χ1) is 16.8. The van der Waals surface area contributed by atoms with Crippen molar-refractivity contribution in [3.8, 4) is 0 Å². The van der Waals surface area contributed by atoms with Crippen molar-refractivity contribution in [2.24, 2.45) is 0 Å². The molecule has 0 atom stereocenters. The SMILES string of the molecule is CN(c1ccc(N2CC(F)(F)C2)cc1)c1ccc2c(c1)CCCC2.CNc1cnccc1C(=O)O. The van der Waals surface area contributed by atoms with Gasteiger partial charge in [-0.1, -0.05) is 6.07 Å². The number of alkyl halides is 2. The summed E-state index contributed by atoms with van der Waals surface area (Å²) in [7, 11) is 3.71. The lowest BCUT2D eigenvalue weighted by atomic mass is 9.91. The average Bonchev–Trinajstić information content (AvgIpc) is 2.87. The van der Waals surface area contributed by atoms with Crippen LogP contribution in [0.1, 0.15) is 34.3 Å². The highest BCUT2D eigenvalue weighted by atomic mass is 19.3. The first-order valence-electron chi connectivity index (χ1n) is 11.7. The molecule has 6 nitrogen and oxygen atoms in total. The lowest BCUT2D eigenvalue weighted by Crippen LogP contribution is -2.56. The van der Waals surface area contributed by atoms with Crippen LogP contribution in [0.25, 0.3) is 0 Å². The molecular weight excluding hydrogens is 450 g/mol. The molecule has 1 aliphatic carbocycles. The lowest BCUT2D eigenvalue weighted by molar-refractivity contribution is -0.0262. The monoisotopic (exact) mass is 480 g/mol. The van der Waals surface area contributed by atoms with Crippen LogP contribution < -0.4 is 15.1 Å². The molecule has 1 aliphatic heterocycles. The van der Waals surface area contributed by atoms with Crippen molar-refractivity contribution in [2.75, 3.05) is 42.3 Å². The van der Waals surface area contributed by atoms with Gasteiger partial charge in [0.15, 0.2) is 0 Å². The summed E-state index contributed by atoms with van der Waals surface area (Å²) >= 11 is 0. The number of carbonyl (C=O) groups is 1. The van der Waals surface area contributed by atoms with Gasteiger partial charge in [0.1, 0.15) is 0 Å². The number of aromatic carboxylic acids is 1. The van der Waals surface area contributed by atoms with Gasteiger partial charge in [-0.3, -0.25) is 4.98 Å². The van der Waals surface area contributed by atoms with Crippen molar-refractivity contribution in [1.29, 1.82) is 0 Å². The first kappa shape index (κ1) is 24.4. The summed E-state index contributed by atoms with van der Waals surface area (Å²) < 4.78 is 26.0. The predicted octanol–water partition coefficient (Wildman–Crippen LogP) is 5.61. The summed E-state index contributed by atoms with van der Waals surface area (Å²) in [6, 6.07) is 16.0. The van der Waals surface area contributed by atoms with Crippen LogP contribution in [0.3, 0.4) is 0 Å². The number of aryl methyl sites for hydroxylation is 2. The molecule has 0 spiro atoms. The molecule has 1 saturated heterocycles. The number of aromatic nitrogens is 1. The summed E-state index contributed by atoms with van der Waals surface area (Å²) in [5.74, 6) is -3.48. The zero-order chi connectivity index (χ0) is 25.0. The number of hydrogen-bond donors (Lipinski definition) is 2. The number of rotatable bonds is 5. The van der Waals surface area contributed by atoms with Gasteiger partial charge >= 0.3 is 5.97 Å². The number of halogens is 2. The van der Waals surface area contributed by atoms with Gasteiger partial charge in [-0.15, -0.1) is 0 Å². The van der Waals surface area contributed by atoms with Gasteiger partial charge < -0.3 is 20.2 Å². The van der Waals surface area contributed by atoms with E-state index in [9.17, 15) is 13.6 Å². The molecule has 0 amide bonds. The molecule has 35 heavy (non-hydrogen) atoms. The second-order valence-corrected chi connectivity index (χ2v) is 8.92. The van der Waals surface area contributed by atoms with Crippen LogP contribution in [0.5, 0.6) is 0 Å². The molecule has 5 rings (SSSR count). The minimum atomic E-state index is -2.53. The van der Waals surface area contributed by atoms with E-state index in [0.29, 0.717) is 5.69 Å². The smallest absolute Gasteiger partial charge is 0.337 e. The molecule has 1 aromatic heterocycles. The third-order valence-electron chi connectivity index (χ3n) is 6.49. The van der Waals surface area contributed by atoms with E-state index in [0.717, 1.165) is 11.4 Å². The molecule has 3 aromatic rings. The minimum absolute atomic E-state index is 0.174. The molecule has 0 radical (unpaired) electrons. The minimum Gasteiger partial charge on any atom is -0.478 e. The normalized spacial score (nSPS) is 15.7. The van der Waals surface area contributed by atoms with Crippen molar-refractivity contribution in [3.05, 3.63) is 77.6 Å². The molecule has 2 N–H and O–H groups in total. The average molecular weight is 481 g/mol. The number of benzene rings is 2. The van der Waals surface area contributed by atoms with Gasteiger partial charge in [-0.2, -0.15) is 0 Å². The van der Waals surface area contributed by atoms with E-state index in [4.69, 9.17) is 5.11 Å². The fourth-order valence-corrected chi connectivity index (χ4v) is 4.44. The van der Waals surface area contributed by atoms with Gasteiger partial charge in [0.2, 0.25) is 0 Å². The Labute approximate surface area is 204 Å². The molecular formula is C27H30F2N4O2. The Bertz CT molecular complexity index is 1180. The van der Waals surface area contributed by atoms with Crippen LogP contribution in [0.15, 0.2) is 60.9 Å². The summed E-state index contributed by atoms with van der Waals surface area (Å²) in [5, 5.41) is 11.4.